The van der Waals surface area contributed by atoms with Crippen LogP contribution < -0.4 is 10.6 Å². The van der Waals surface area contributed by atoms with Crippen LogP contribution in [0.25, 0.3) is 4.85 Å². The van der Waals surface area contributed by atoms with Gasteiger partial charge in [0.05, 0.1) is 12.1 Å². The zero-order valence-electron chi connectivity index (χ0n) is 14.9. The van der Waals surface area contributed by atoms with Gasteiger partial charge in [-0.05, 0) is 17.5 Å². The van der Waals surface area contributed by atoms with E-state index in [1.807, 2.05) is 37.3 Å². The molecule has 1 aromatic heterocycles. The van der Waals surface area contributed by atoms with Gasteiger partial charge in [-0.3, -0.25) is 4.79 Å². The van der Waals surface area contributed by atoms with E-state index in [0.717, 1.165) is 17.3 Å². The standard InChI is InChI=1S/C19H19N5OS/c1-5-13-14(11-20)19(23-18(24(3)4)15(13)22-2)26-16(17(21)25)12-9-7-6-8-10-12/h6-10,16H,5H2,1,3-4H3,(H2,21,25). The van der Waals surface area contributed by atoms with Gasteiger partial charge in [0, 0.05) is 14.1 Å². The van der Waals surface area contributed by atoms with E-state index < -0.39 is 11.2 Å². The van der Waals surface area contributed by atoms with Crippen LogP contribution >= 0.6 is 11.8 Å². The number of pyridine rings is 1. The third-order valence-corrected chi connectivity index (χ3v) is 5.07. The van der Waals surface area contributed by atoms with E-state index >= 15 is 0 Å². The Labute approximate surface area is 157 Å². The molecule has 0 bridgehead atoms. The Bertz CT molecular complexity index is 897. The summed E-state index contributed by atoms with van der Waals surface area (Å²) in [6.45, 7) is 9.37. The van der Waals surface area contributed by atoms with Crippen molar-refractivity contribution in [1.82, 2.24) is 4.98 Å². The van der Waals surface area contributed by atoms with E-state index in [0.29, 0.717) is 34.1 Å². The number of rotatable bonds is 6. The Balaban J connectivity index is 2.65. The van der Waals surface area contributed by atoms with E-state index in [2.05, 4.69) is 15.9 Å². The maximum atomic E-state index is 12.0. The lowest BCUT2D eigenvalue weighted by Gasteiger charge is -2.20. The largest absolute Gasteiger partial charge is 0.371 e. The molecule has 2 N–H and O–H groups in total. The maximum Gasteiger partial charge on any atom is 0.235 e. The van der Waals surface area contributed by atoms with Crippen molar-refractivity contribution in [2.24, 2.45) is 5.73 Å². The van der Waals surface area contributed by atoms with E-state index in [4.69, 9.17) is 12.3 Å². The van der Waals surface area contributed by atoms with Crippen molar-refractivity contribution < 1.29 is 4.79 Å². The Morgan fingerprint density at radius 3 is 2.54 bits per heavy atom. The van der Waals surface area contributed by atoms with E-state index in [1.54, 1.807) is 19.0 Å². The highest BCUT2D eigenvalue weighted by Crippen LogP contribution is 2.42. The van der Waals surface area contributed by atoms with Gasteiger partial charge in [-0.1, -0.05) is 49.0 Å². The topological polar surface area (TPSA) is 87.4 Å². The Morgan fingerprint density at radius 2 is 2.08 bits per heavy atom. The fourth-order valence-electron chi connectivity index (χ4n) is 2.59. The second-order valence-corrected chi connectivity index (χ2v) is 6.82. The Morgan fingerprint density at radius 1 is 1.42 bits per heavy atom. The summed E-state index contributed by atoms with van der Waals surface area (Å²) in [7, 11) is 3.58. The van der Waals surface area contributed by atoms with Crippen LogP contribution in [0.3, 0.4) is 0 Å². The van der Waals surface area contributed by atoms with Crippen LogP contribution in [0.4, 0.5) is 11.5 Å². The number of thioether (sulfide) groups is 1. The van der Waals surface area contributed by atoms with Crippen molar-refractivity contribution in [2.75, 3.05) is 19.0 Å². The average Bonchev–Trinajstić information content (AvgIpc) is 2.64. The number of nitriles is 1. The number of carbonyl (C=O) groups is 1. The lowest BCUT2D eigenvalue weighted by molar-refractivity contribution is -0.117. The molecular formula is C19H19N5OS. The SMILES string of the molecule is [C-]#[N+]c1c(N(C)C)nc(SC(C(N)=O)c2ccccc2)c(C#N)c1CC. The van der Waals surface area contributed by atoms with E-state index in [-0.39, 0.29) is 0 Å². The molecule has 0 saturated carbocycles. The minimum Gasteiger partial charge on any atom is -0.371 e. The van der Waals surface area contributed by atoms with Gasteiger partial charge in [-0.25, -0.2) is 9.83 Å². The van der Waals surface area contributed by atoms with Crippen molar-refractivity contribution >= 4 is 29.2 Å². The first-order chi connectivity index (χ1) is 12.4. The monoisotopic (exact) mass is 365 g/mol. The second kappa shape index (κ2) is 8.37. The molecule has 1 aromatic carbocycles. The second-order valence-electron chi connectivity index (χ2n) is 5.73. The van der Waals surface area contributed by atoms with Crippen molar-refractivity contribution in [3.63, 3.8) is 0 Å². The Hall–Kier alpha value is -3.03. The van der Waals surface area contributed by atoms with Gasteiger partial charge in [0.25, 0.3) is 0 Å². The summed E-state index contributed by atoms with van der Waals surface area (Å²) < 4.78 is 0. The lowest BCUT2D eigenvalue weighted by atomic mass is 10.1. The highest BCUT2D eigenvalue weighted by atomic mass is 32.2. The number of amides is 1. The number of primary amides is 1. The summed E-state index contributed by atoms with van der Waals surface area (Å²) in [6, 6.07) is 11.3. The molecule has 7 heteroatoms. The molecule has 0 aliphatic rings. The third kappa shape index (κ3) is 3.79. The van der Waals surface area contributed by atoms with Crippen LogP contribution in [0.2, 0.25) is 0 Å². The van der Waals surface area contributed by atoms with Crippen molar-refractivity contribution in [2.45, 2.75) is 23.6 Å². The first kappa shape index (κ1) is 19.3. The highest BCUT2D eigenvalue weighted by molar-refractivity contribution is 8.00. The van der Waals surface area contributed by atoms with Gasteiger partial charge in [-0.2, -0.15) is 5.26 Å². The zero-order valence-corrected chi connectivity index (χ0v) is 15.7. The molecule has 1 unspecified atom stereocenters. The van der Waals surface area contributed by atoms with Gasteiger partial charge in [-0.15, -0.1) is 0 Å². The maximum absolute atomic E-state index is 12.0. The number of hydrogen-bond donors (Lipinski definition) is 1. The predicted molar refractivity (Wildman–Crippen MR) is 103 cm³/mol. The minimum absolute atomic E-state index is 0.330. The first-order valence-corrected chi connectivity index (χ1v) is 8.85. The summed E-state index contributed by atoms with van der Waals surface area (Å²) in [5.74, 6) is -0.0276. The Kier molecular flexibility index (Phi) is 6.21. The smallest absolute Gasteiger partial charge is 0.235 e. The molecule has 2 aromatic rings. The van der Waals surface area contributed by atoms with Crippen molar-refractivity contribution in [1.29, 1.82) is 5.26 Å². The zero-order chi connectivity index (χ0) is 19.3. The normalized spacial score (nSPS) is 11.3. The van der Waals surface area contributed by atoms with Gasteiger partial charge < -0.3 is 10.6 Å². The number of anilines is 1. The molecule has 0 fully saturated rings. The quantitative estimate of drug-likeness (QED) is 0.626. The average molecular weight is 365 g/mol. The molecule has 6 nitrogen and oxygen atoms in total. The van der Waals surface area contributed by atoms with Crippen LogP contribution in [0.1, 0.15) is 28.9 Å². The van der Waals surface area contributed by atoms with Crippen molar-refractivity contribution in [3.05, 3.63) is 58.4 Å². The van der Waals surface area contributed by atoms with Crippen LogP contribution in [0.15, 0.2) is 35.4 Å². The first-order valence-electron chi connectivity index (χ1n) is 7.97. The summed E-state index contributed by atoms with van der Waals surface area (Å²) >= 11 is 1.14. The third-order valence-electron chi connectivity index (χ3n) is 3.81. The van der Waals surface area contributed by atoms with Crippen LogP contribution in [-0.2, 0) is 11.2 Å². The number of nitrogens with two attached hydrogens (primary N) is 1. The van der Waals surface area contributed by atoms with Gasteiger partial charge in [0.2, 0.25) is 11.6 Å². The molecule has 26 heavy (non-hydrogen) atoms. The lowest BCUT2D eigenvalue weighted by Crippen LogP contribution is -2.19. The number of aromatic nitrogens is 1. The number of carbonyl (C=O) groups excluding carboxylic acids is 1. The van der Waals surface area contributed by atoms with E-state index in [9.17, 15) is 10.1 Å². The van der Waals surface area contributed by atoms with E-state index in [1.165, 1.54) is 0 Å². The van der Waals surface area contributed by atoms with Crippen LogP contribution in [-0.4, -0.2) is 25.0 Å². The van der Waals surface area contributed by atoms with Crippen molar-refractivity contribution in [3.8, 4) is 6.07 Å². The van der Waals surface area contributed by atoms with Crippen LogP contribution in [0, 0.1) is 17.9 Å². The summed E-state index contributed by atoms with van der Waals surface area (Å²) in [5, 5.41) is 9.40. The molecule has 0 radical (unpaired) electrons. The fraction of sp³-hybridized carbons (Fsp3) is 0.263. The number of hydrogen-bond acceptors (Lipinski definition) is 5. The van der Waals surface area contributed by atoms with Gasteiger partial charge >= 0.3 is 0 Å². The summed E-state index contributed by atoms with van der Waals surface area (Å²) in [4.78, 5) is 21.9. The molecule has 2 rings (SSSR count). The minimum atomic E-state index is -0.672. The molecule has 1 atom stereocenters. The van der Waals surface area contributed by atoms with Gasteiger partial charge in [0.1, 0.15) is 22.2 Å². The summed E-state index contributed by atoms with van der Waals surface area (Å²) in [6.07, 6.45) is 0.518. The molecule has 0 saturated heterocycles. The van der Waals surface area contributed by atoms with Gasteiger partial charge in [0.15, 0.2) is 0 Å². The highest BCUT2D eigenvalue weighted by Gasteiger charge is 2.26. The molecule has 132 valence electrons. The molecule has 1 heterocycles. The predicted octanol–water partition coefficient (Wildman–Crippen LogP) is 3.45. The number of benzene rings is 1. The molecule has 1 amide bonds. The molecule has 0 aliphatic heterocycles. The fourth-order valence-corrected chi connectivity index (χ4v) is 3.65. The number of nitrogens with zero attached hydrogens (tertiary/aromatic N) is 4. The summed E-state index contributed by atoms with van der Waals surface area (Å²) in [5.41, 5.74) is 7.69. The van der Waals surface area contributed by atoms with Crippen LogP contribution in [0.5, 0.6) is 0 Å². The molecule has 0 aliphatic carbocycles. The molecule has 0 spiro atoms. The molecular weight excluding hydrogens is 346 g/mol.